The van der Waals surface area contributed by atoms with Crippen LogP contribution in [-0.4, -0.2) is 37.3 Å². The molecule has 0 aliphatic rings. The average Bonchev–Trinajstić information content (AvgIpc) is 3.06. The molecule has 3 aromatic rings. The van der Waals surface area contributed by atoms with Gasteiger partial charge in [-0.15, -0.1) is 0 Å². The van der Waals surface area contributed by atoms with E-state index in [0.717, 1.165) is 0 Å². The molecule has 0 spiro atoms. The molecule has 10 heteroatoms. The van der Waals surface area contributed by atoms with Crippen molar-refractivity contribution in [3.8, 4) is 11.4 Å². The van der Waals surface area contributed by atoms with E-state index in [-0.39, 0.29) is 22.3 Å². The van der Waals surface area contributed by atoms with Gasteiger partial charge in [-0.05, 0) is 57.2 Å². The third-order valence-electron chi connectivity index (χ3n) is 4.23. The van der Waals surface area contributed by atoms with Gasteiger partial charge in [0.1, 0.15) is 16.5 Å². The van der Waals surface area contributed by atoms with Gasteiger partial charge in [-0.2, -0.15) is 5.10 Å². The largest absolute Gasteiger partial charge is 0.495 e. The number of benzene rings is 2. The van der Waals surface area contributed by atoms with Crippen LogP contribution >= 0.6 is 11.6 Å². The Bertz CT molecular complexity index is 1220. The molecule has 1 aromatic heterocycles. The fourth-order valence-corrected chi connectivity index (χ4v) is 4.61. The average molecular weight is 463 g/mol. The summed E-state index contributed by atoms with van der Waals surface area (Å²) in [4.78, 5) is 12.8. The first-order valence-corrected chi connectivity index (χ1v) is 11.3. The van der Waals surface area contributed by atoms with Crippen LogP contribution in [0.1, 0.15) is 29.9 Å². The molecule has 1 amide bonds. The second-order valence-corrected chi connectivity index (χ2v) is 9.28. The van der Waals surface area contributed by atoms with Crippen LogP contribution in [0, 0.1) is 6.92 Å². The topological polar surface area (TPSA) is 102 Å². The molecule has 8 nitrogen and oxygen atoms in total. The van der Waals surface area contributed by atoms with Crippen LogP contribution in [0.2, 0.25) is 5.02 Å². The smallest absolute Gasteiger partial charge is 0.256 e. The third-order valence-corrected chi connectivity index (χ3v) is 6.15. The van der Waals surface area contributed by atoms with Gasteiger partial charge in [-0.1, -0.05) is 17.7 Å². The number of anilines is 1. The van der Waals surface area contributed by atoms with Crippen molar-refractivity contribution in [1.29, 1.82) is 0 Å². The van der Waals surface area contributed by atoms with Crippen molar-refractivity contribution in [3.63, 3.8) is 0 Å². The van der Waals surface area contributed by atoms with E-state index in [2.05, 4.69) is 15.1 Å². The van der Waals surface area contributed by atoms with Gasteiger partial charge in [0.05, 0.1) is 18.5 Å². The standard InChI is InChI=1S/C21H23ClN4O4S/c1-13(2)25-31(28,29)19-11-15(8-9-18(19)30-4)21(27)23-20-10-14(3)24-26(20)17-7-5-6-16(22)12-17/h5-13,25H,1-4H3,(H,23,27). The van der Waals surface area contributed by atoms with Gasteiger partial charge in [0.25, 0.3) is 5.91 Å². The Hall–Kier alpha value is -2.88. The summed E-state index contributed by atoms with van der Waals surface area (Å²) in [6.07, 6.45) is 0. The molecule has 0 saturated carbocycles. The molecule has 0 saturated heterocycles. The maximum Gasteiger partial charge on any atom is 0.256 e. The van der Waals surface area contributed by atoms with Gasteiger partial charge in [-0.25, -0.2) is 17.8 Å². The molecule has 1 heterocycles. The minimum atomic E-state index is -3.87. The van der Waals surface area contributed by atoms with Crippen molar-refractivity contribution < 1.29 is 17.9 Å². The molecule has 0 fully saturated rings. The number of rotatable bonds is 7. The van der Waals surface area contributed by atoms with Crippen LogP contribution in [0.5, 0.6) is 5.75 Å². The molecule has 0 aliphatic carbocycles. The van der Waals surface area contributed by atoms with E-state index >= 15 is 0 Å². The van der Waals surface area contributed by atoms with E-state index in [1.54, 1.807) is 49.7 Å². The molecule has 0 atom stereocenters. The summed E-state index contributed by atoms with van der Waals surface area (Å²) in [6, 6.07) is 12.7. The van der Waals surface area contributed by atoms with Gasteiger partial charge in [0, 0.05) is 22.7 Å². The summed E-state index contributed by atoms with van der Waals surface area (Å²) in [5, 5.41) is 7.72. The van der Waals surface area contributed by atoms with Crippen LogP contribution in [0.3, 0.4) is 0 Å². The van der Waals surface area contributed by atoms with Crippen LogP contribution in [0.4, 0.5) is 5.82 Å². The Morgan fingerprint density at radius 2 is 1.90 bits per heavy atom. The van der Waals surface area contributed by atoms with Gasteiger partial charge in [-0.3, -0.25) is 4.79 Å². The Morgan fingerprint density at radius 1 is 1.16 bits per heavy atom. The summed E-state index contributed by atoms with van der Waals surface area (Å²) in [5.41, 5.74) is 1.52. The monoisotopic (exact) mass is 462 g/mol. The molecule has 0 radical (unpaired) electrons. The predicted molar refractivity (Wildman–Crippen MR) is 120 cm³/mol. The van der Waals surface area contributed by atoms with E-state index in [4.69, 9.17) is 16.3 Å². The highest BCUT2D eigenvalue weighted by atomic mass is 35.5. The van der Waals surface area contributed by atoms with Crippen molar-refractivity contribution in [1.82, 2.24) is 14.5 Å². The van der Waals surface area contributed by atoms with Crippen molar-refractivity contribution in [2.24, 2.45) is 0 Å². The first-order chi connectivity index (χ1) is 14.6. The quantitative estimate of drug-likeness (QED) is 0.556. The Balaban J connectivity index is 1.96. The van der Waals surface area contributed by atoms with E-state index in [9.17, 15) is 13.2 Å². The first kappa shape index (κ1) is 22.8. The number of hydrogen-bond donors (Lipinski definition) is 2. The number of halogens is 1. The Labute approximate surface area is 186 Å². The molecule has 0 unspecified atom stereocenters. The highest BCUT2D eigenvalue weighted by Crippen LogP contribution is 2.26. The SMILES string of the molecule is COc1ccc(C(=O)Nc2cc(C)nn2-c2cccc(Cl)c2)cc1S(=O)(=O)NC(C)C. The zero-order valence-corrected chi connectivity index (χ0v) is 19.1. The molecular formula is C21H23ClN4O4S. The van der Waals surface area contributed by atoms with Crippen LogP contribution in [0.15, 0.2) is 53.4 Å². The maximum atomic E-state index is 12.9. The van der Waals surface area contributed by atoms with Crippen LogP contribution < -0.4 is 14.8 Å². The van der Waals surface area contributed by atoms with Gasteiger partial charge in [0.15, 0.2) is 0 Å². The fraction of sp³-hybridized carbons (Fsp3) is 0.238. The summed E-state index contributed by atoms with van der Waals surface area (Å²) in [5.74, 6) is 0.0710. The number of nitrogens with one attached hydrogen (secondary N) is 2. The molecular weight excluding hydrogens is 440 g/mol. The number of aryl methyl sites for hydroxylation is 1. The minimum absolute atomic E-state index is 0.115. The summed E-state index contributed by atoms with van der Waals surface area (Å²) in [7, 11) is -2.50. The molecule has 2 N–H and O–H groups in total. The van der Waals surface area contributed by atoms with E-state index in [1.165, 1.54) is 25.3 Å². The maximum absolute atomic E-state index is 12.9. The van der Waals surface area contributed by atoms with E-state index < -0.39 is 15.9 Å². The second-order valence-electron chi connectivity index (χ2n) is 7.16. The number of nitrogens with zero attached hydrogens (tertiary/aromatic N) is 2. The minimum Gasteiger partial charge on any atom is -0.495 e. The third kappa shape index (κ3) is 5.25. The van der Waals surface area contributed by atoms with Crippen LogP contribution in [0.25, 0.3) is 5.69 Å². The molecule has 0 bridgehead atoms. The fourth-order valence-electron chi connectivity index (χ4n) is 2.98. The molecule has 2 aromatic carbocycles. The zero-order chi connectivity index (χ0) is 22.8. The first-order valence-electron chi connectivity index (χ1n) is 9.45. The van der Waals surface area contributed by atoms with Gasteiger partial charge >= 0.3 is 0 Å². The molecule has 31 heavy (non-hydrogen) atoms. The van der Waals surface area contributed by atoms with Crippen molar-refractivity contribution >= 4 is 33.3 Å². The number of sulfonamides is 1. The highest BCUT2D eigenvalue weighted by molar-refractivity contribution is 7.89. The van der Waals surface area contributed by atoms with Crippen molar-refractivity contribution in [2.45, 2.75) is 31.7 Å². The summed E-state index contributed by atoms with van der Waals surface area (Å²) >= 11 is 6.08. The normalized spacial score (nSPS) is 11.5. The van der Waals surface area contributed by atoms with Crippen LogP contribution in [-0.2, 0) is 10.0 Å². The number of carbonyl (C=O) groups excluding carboxylic acids is 1. The lowest BCUT2D eigenvalue weighted by Gasteiger charge is -2.14. The number of methoxy groups -OCH3 is 1. The number of aromatic nitrogens is 2. The van der Waals surface area contributed by atoms with E-state index in [0.29, 0.717) is 22.2 Å². The molecule has 0 aliphatic heterocycles. The lowest BCUT2D eigenvalue weighted by atomic mass is 10.2. The molecule has 3 rings (SSSR count). The van der Waals surface area contributed by atoms with E-state index in [1.807, 2.05) is 6.07 Å². The Morgan fingerprint density at radius 3 is 2.55 bits per heavy atom. The predicted octanol–water partition coefficient (Wildman–Crippen LogP) is 3.78. The number of ether oxygens (including phenoxy) is 1. The van der Waals surface area contributed by atoms with Gasteiger partial charge < -0.3 is 10.1 Å². The number of hydrogen-bond acceptors (Lipinski definition) is 5. The van der Waals surface area contributed by atoms with Crippen molar-refractivity contribution in [2.75, 3.05) is 12.4 Å². The Kier molecular flexibility index (Phi) is 6.68. The number of amides is 1. The van der Waals surface area contributed by atoms with Crippen molar-refractivity contribution in [3.05, 3.63) is 64.8 Å². The molecule has 164 valence electrons. The van der Waals surface area contributed by atoms with Gasteiger partial charge in [0.2, 0.25) is 10.0 Å². The second kappa shape index (κ2) is 9.09. The summed E-state index contributed by atoms with van der Waals surface area (Å²) in [6.45, 7) is 5.21. The summed E-state index contributed by atoms with van der Waals surface area (Å²) < 4.78 is 34.6. The lowest BCUT2D eigenvalue weighted by molar-refractivity contribution is 0.102. The number of carbonyl (C=O) groups is 1. The lowest BCUT2D eigenvalue weighted by Crippen LogP contribution is -2.30. The highest BCUT2D eigenvalue weighted by Gasteiger charge is 2.23. The zero-order valence-electron chi connectivity index (χ0n) is 17.5.